The quantitative estimate of drug-likeness (QED) is 0.681. The largest absolute Gasteiger partial charge is 0.315 e. The molecule has 1 aromatic carbocycles. The Balaban J connectivity index is 0.00000225. The summed E-state index contributed by atoms with van der Waals surface area (Å²) < 4.78 is 1.78. The summed E-state index contributed by atoms with van der Waals surface area (Å²) in [7, 11) is 1.89. The van der Waals surface area contributed by atoms with Gasteiger partial charge >= 0.3 is 0 Å². The Hall–Kier alpha value is -2.22. The molecule has 2 atom stereocenters. The fourth-order valence-corrected chi connectivity index (χ4v) is 4.40. The number of carbonyl (C=O) groups excluding carboxylic acids is 1. The third kappa shape index (κ3) is 4.11. The van der Waals surface area contributed by atoms with E-state index in [1.807, 2.05) is 24.8 Å². The molecule has 4 rings (SSSR count). The minimum atomic E-state index is -0.123. The lowest BCUT2D eigenvalue weighted by Crippen LogP contribution is -2.28. The van der Waals surface area contributed by atoms with E-state index in [-0.39, 0.29) is 30.2 Å². The van der Waals surface area contributed by atoms with Crippen molar-refractivity contribution >= 4 is 34.8 Å². The molecule has 6 nitrogen and oxygen atoms in total. The molecule has 3 aromatic rings. The first-order valence-corrected chi connectivity index (χ1v) is 9.92. The molecule has 0 aliphatic carbocycles. The third-order valence-electron chi connectivity index (χ3n) is 5.10. The van der Waals surface area contributed by atoms with Gasteiger partial charge in [0.15, 0.2) is 5.13 Å². The second kappa shape index (κ2) is 8.43. The van der Waals surface area contributed by atoms with Crippen molar-refractivity contribution < 1.29 is 4.79 Å². The zero-order valence-electron chi connectivity index (χ0n) is 16.1. The van der Waals surface area contributed by atoms with Crippen LogP contribution < -0.4 is 10.6 Å². The molecule has 0 unspecified atom stereocenters. The van der Waals surface area contributed by atoms with Gasteiger partial charge in [-0.2, -0.15) is 5.10 Å². The van der Waals surface area contributed by atoms with Crippen LogP contribution in [-0.4, -0.2) is 33.8 Å². The fraction of sp³-hybridized carbons (Fsp3) is 0.350. The molecular weight excluding hydrogens is 394 g/mol. The molecule has 0 spiro atoms. The number of aryl methyl sites for hydroxylation is 3. The molecular formula is C20H24ClN5OS. The number of nitrogens with one attached hydrogen (secondary N) is 2. The Bertz CT molecular complexity index is 983. The predicted octanol–water partition coefficient (Wildman–Crippen LogP) is 3.52. The Labute approximate surface area is 174 Å². The molecule has 2 aromatic heterocycles. The third-order valence-corrected chi connectivity index (χ3v) is 5.85. The van der Waals surface area contributed by atoms with Crippen molar-refractivity contribution in [3.05, 3.63) is 52.7 Å². The number of hydrogen-bond donors (Lipinski definition) is 2. The van der Waals surface area contributed by atoms with Gasteiger partial charge in [0.25, 0.3) is 0 Å². The lowest BCUT2D eigenvalue weighted by Gasteiger charge is -2.15. The lowest BCUT2D eigenvalue weighted by molar-refractivity contribution is -0.119. The van der Waals surface area contributed by atoms with Crippen LogP contribution in [0.1, 0.15) is 22.6 Å². The van der Waals surface area contributed by atoms with E-state index in [0.29, 0.717) is 11.7 Å². The molecule has 1 fully saturated rings. The van der Waals surface area contributed by atoms with Gasteiger partial charge in [-0.05, 0) is 25.0 Å². The fourth-order valence-electron chi connectivity index (χ4n) is 3.69. The first kappa shape index (κ1) is 20.5. The molecule has 3 heterocycles. The Kier molecular flexibility index (Phi) is 6.17. The maximum Gasteiger partial charge on any atom is 0.231 e. The van der Waals surface area contributed by atoms with Crippen LogP contribution in [0.4, 0.5) is 5.13 Å². The summed E-state index contributed by atoms with van der Waals surface area (Å²) in [6.45, 7) is 5.62. The molecule has 148 valence electrons. The average molecular weight is 418 g/mol. The molecule has 28 heavy (non-hydrogen) atoms. The van der Waals surface area contributed by atoms with E-state index in [9.17, 15) is 4.79 Å². The van der Waals surface area contributed by atoms with E-state index < -0.39 is 0 Å². The minimum Gasteiger partial charge on any atom is -0.315 e. The van der Waals surface area contributed by atoms with Crippen LogP contribution >= 0.6 is 23.7 Å². The first-order valence-electron chi connectivity index (χ1n) is 9.04. The number of rotatable bonds is 4. The Morgan fingerprint density at radius 2 is 2.14 bits per heavy atom. The lowest BCUT2D eigenvalue weighted by atomic mass is 9.90. The molecule has 0 saturated carbocycles. The number of hydrogen-bond acceptors (Lipinski definition) is 5. The maximum atomic E-state index is 12.9. The molecule has 1 aliphatic rings. The average Bonchev–Trinajstić information content (AvgIpc) is 3.35. The number of benzene rings is 1. The molecule has 1 aliphatic heterocycles. The van der Waals surface area contributed by atoms with Crippen molar-refractivity contribution in [1.82, 2.24) is 20.1 Å². The van der Waals surface area contributed by atoms with Crippen molar-refractivity contribution in [2.45, 2.75) is 19.8 Å². The summed E-state index contributed by atoms with van der Waals surface area (Å²) in [5.41, 5.74) is 5.53. The summed E-state index contributed by atoms with van der Waals surface area (Å²) in [6, 6.07) is 6.32. The van der Waals surface area contributed by atoms with Crippen molar-refractivity contribution in [3.63, 3.8) is 0 Å². The van der Waals surface area contributed by atoms with Crippen LogP contribution in [0.15, 0.2) is 36.0 Å². The highest BCUT2D eigenvalue weighted by Crippen LogP contribution is 2.31. The normalized spacial score (nSPS) is 18.7. The van der Waals surface area contributed by atoms with Crippen LogP contribution in [0.3, 0.4) is 0 Å². The highest BCUT2D eigenvalue weighted by molar-refractivity contribution is 7.14. The topological polar surface area (TPSA) is 71.8 Å². The summed E-state index contributed by atoms with van der Waals surface area (Å²) >= 11 is 1.47. The smallest absolute Gasteiger partial charge is 0.231 e. The zero-order valence-corrected chi connectivity index (χ0v) is 17.7. The number of anilines is 1. The summed E-state index contributed by atoms with van der Waals surface area (Å²) in [5, 5.41) is 13.2. The number of carbonyl (C=O) groups is 1. The van der Waals surface area contributed by atoms with Crippen LogP contribution in [0.2, 0.25) is 0 Å². The van der Waals surface area contributed by atoms with Gasteiger partial charge in [0.05, 0.1) is 17.8 Å². The number of halogens is 1. The van der Waals surface area contributed by atoms with Gasteiger partial charge in [-0.15, -0.1) is 23.7 Å². The maximum absolute atomic E-state index is 12.9. The second-order valence-electron chi connectivity index (χ2n) is 7.16. The van der Waals surface area contributed by atoms with Gasteiger partial charge in [0.2, 0.25) is 5.91 Å². The molecule has 1 amide bonds. The van der Waals surface area contributed by atoms with Gasteiger partial charge in [0, 0.05) is 43.2 Å². The number of thiazole rings is 1. The summed E-state index contributed by atoms with van der Waals surface area (Å²) in [5.74, 6) is 0.0236. The van der Waals surface area contributed by atoms with Gasteiger partial charge < -0.3 is 10.6 Å². The molecule has 0 radical (unpaired) electrons. The van der Waals surface area contributed by atoms with Gasteiger partial charge in [0.1, 0.15) is 0 Å². The van der Waals surface area contributed by atoms with E-state index in [1.54, 1.807) is 4.68 Å². The number of aromatic nitrogens is 3. The number of nitrogens with zero attached hydrogens (tertiary/aromatic N) is 3. The molecule has 2 N–H and O–H groups in total. The van der Waals surface area contributed by atoms with Crippen LogP contribution in [0, 0.1) is 19.8 Å². The van der Waals surface area contributed by atoms with E-state index in [2.05, 4.69) is 52.8 Å². The summed E-state index contributed by atoms with van der Waals surface area (Å²) in [4.78, 5) is 17.5. The van der Waals surface area contributed by atoms with Gasteiger partial charge in [-0.3, -0.25) is 9.48 Å². The minimum absolute atomic E-state index is 0. The van der Waals surface area contributed by atoms with Crippen molar-refractivity contribution in [2.75, 3.05) is 18.4 Å². The Morgan fingerprint density at radius 1 is 1.32 bits per heavy atom. The zero-order chi connectivity index (χ0) is 19.0. The standard InChI is InChI=1S/C20H23N5OS.ClH/c1-12-4-5-15(13(2)6-12)18-11-27-20(23-18)24-19(26)17-9-21-8-16(17)14-7-22-25(3)10-14;/h4-7,10-11,16-17,21H,8-9H2,1-3H3,(H,23,24,26);1H/t16-,17+;/m1./s1. The van der Waals surface area contributed by atoms with Crippen LogP contribution in [-0.2, 0) is 11.8 Å². The van der Waals surface area contributed by atoms with Gasteiger partial charge in [-0.25, -0.2) is 4.98 Å². The second-order valence-corrected chi connectivity index (χ2v) is 8.02. The molecule has 8 heteroatoms. The van der Waals surface area contributed by atoms with E-state index in [4.69, 9.17) is 0 Å². The highest BCUT2D eigenvalue weighted by atomic mass is 35.5. The van der Waals surface area contributed by atoms with E-state index in [1.165, 1.54) is 22.5 Å². The Morgan fingerprint density at radius 3 is 2.86 bits per heavy atom. The van der Waals surface area contributed by atoms with Crippen LogP contribution in [0.25, 0.3) is 11.3 Å². The monoisotopic (exact) mass is 417 g/mol. The van der Waals surface area contributed by atoms with Crippen molar-refractivity contribution in [2.24, 2.45) is 13.0 Å². The molecule has 1 saturated heterocycles. The van der Waals surface area contributed by atoms with Gasteiger partial charge in [-0.1, -0.05) is 23.8 Å². The SMILES string of the molecule is Cc1ccc(-c2csc(NC(=O)[C@H]3CNC[C@@H]3c3cnn(C)c3)n2)c(C)c1.Cl. The van der Waals surface area contributed by atoms with Crippen molar-refractivity contribution in [1.29, 1.82) is 0 Å². The van der Waals surface area contributed by atoms with Crippen LogP contribution in [0.5, 0.6) is 0 Å². The number of amides is 1. The highest BCUT2D eigenvalue weighted by Gasteiger charge is 2.35. The predicted molar refractivity (Wildman–Crippen MR) is 115 cm³/mol. The van der Waals surface area contributed by atoms with E-state index in [0.717, 1.165) is 23.4 Å². The summed E-state index contributed by atoms with van der Waals surface area (Å²) in [6.07, 6.45) is 3.83. The van der Waals surface area contributed by atoms with Crippen molar-refractivity contribution in [3.8, 4) is 11.3 Å². The van der Waals surface area contributed by atoms with E-state index >= 15 is 0 Å². The molecule has 0 bridgehead atoms. The first-order chi connectivity index (χ1) is 13.0.